The molecule has 0 radical (unpaired) electrons. The van der Waals surface area contributed by atoms with Gasteiger partial charge in [0.05, 0.1) is 11.3 Å². The average molecular weight is 471 g/mol. The molecule has 0 aliphatic carbocycles. The normalized spacial score (nSPS) is 17.3. The van der Waals surface area contributed by atoms with Crippen LogP contribution in [0, 0.1) is 24.5 Å². The number of anilines is 1. The van der Waals surface area contributed by atoms with Crippen LogP contribution in [-0.2, 0) is 19.5 Å². The predicted molar refractivity (Wildman–Crippen MR) is 126 cm³/mol. The lowest BCUT2D eigenvalue weighted by Crippen LogP contribution is -2.36. The van der Waals surface area contributed by atoms with Crippen molar-refractivity contribution in [1.82, 2.24) is 14.9 Å². The lowest BCUT2D eigenvalue weighted by molar-refractivity contribution is 0.239. The van der Waals surface area contributed by atoms with Crippen LogP contribution < -0.4 is 9.64 Å². The first-order chi connectivity index (χ1) is 16.0. The van der Waals surface area contributed by atoms with Gasteiger partial charge >= 0.3 is 0 Å². The number of benzene rings is 1. The highest BCUT2D eigenvalue weighted by atomic mass is 32.1. The van der Waals surface area contributed by atoms with E-state index >= 15 is 0 Å². The van der Waals surface area contributed by atoms with Crippen LogP contribution in [0.2, 0.25) is 0 Å². The summed E-state index contributed by atoms with van der Waals surface area (Å²) in [6.45, 7) is 8.55. The van der Waals surface area contributed by atoms with Crippen LogP contribution >= 0.6 is 11.3 Å². The number of fused-ring (bicyclic) bond motifs is 1. The number of hydrogen-bond acceptors (Lipinski definition) is 6. The van der Waals surface area contributed by atoms with Crippen LogP contribution in [-0.4, -0.2) is 34.5 Å². The lowest BCUT2D eigenvalue weighted by Gasteiger charge is -2.33. The van der Waals surface area contributed by atoms with Gasteiger partial charge in [-0.05, 0) is 54.8 Å². The maximum Gasteiger partial charge on any atom is 0.229 e. The van der Waals surface area contributed by atoms with E-state index in [4.69, 9.17) is 14.7 Å². The smallest absolute Gasteiger partial charge is 0.229 e. The molecular weight excluding hydrogens is 442 g/mol. The summed E-state index contributed by atoms with van der Waals surface area (Å²) >= 11 is 1.76. The maximum atomic E-state index is 14.4. The van der Waals surface area contributed by atoms with Crippen molar-refractivity contribution in [3.8, 4) is 11.6 Å². The molecule has 2 aliphatic rings. The maximum absolute atomic E-state index is 14.4. The number of nitrogens with zero attached hydrogens (tertiary/aromatic N) is 4. The minimum atomic E-state index is -0.738. The third-order valence-corrected chi connectivity index (χ3v) is 7.60. The van der Waals surface area contributed by atoms with Crippen LogP contribution in [0.15, 0.2) is 29.6 Å². The zero-order valence-corrected chi connectivity index (χ0v) is 19.8. The summed E-state index contributed by atoms with van der Waals surface area (Å²) in [5, 5.41) is 2.11. The van der Waals surface area contributed by atoms with Crippen LogP contribution in [0.25, 0.3) is 0 Å². The van der Waals surface area contributed by atoms with Crippen molar-refractivity contribution in [2.45, 2.75) is 46.2 Å². The van der Waals surface area contributed by atoms with Crippen LogP contribution in [0.4, 0.5) is 14.7 Å². The highest BCUT2D eigenvalue weighted by molar-refractivity contribution is 7.10. The number of rotatable bonds is 5. The molecule has 33 heavy (non-hydrogen) atoms. The van der Waals surface area contributed by atoms with Gasteiger partial charge in [0.25, 0.3) is 0 Å². The van der Waals surface area contributed by atoms with Gasteiger partial charge in [-0.15, -0.1) is 11.3 Å². The quantitative estimate of drug-likeness (QED) is 0.478. The number of ether oxygens (including phenoxy) is 1. The van der Waals surface area contributed by atoms with E-state index in [0.717, 1.165) is 62.8 Å². The lowest BCUT2D eigenvalue weighted by atomic mass is 9.99. The molecule has 0 saturated carbocycles. The Morgan fingerprint density at radius 2 is 1.94 bits per heavy atom. The summed E-state index contributed by atoms with van der Waals surface area (Å²) < 4.78 is 33.8. The standard InChI is InChI=1S/C25H28F2N4OS/c1-16-5-10-31(11-6-16)25-28-21-7-9-30(15-23-17(2)8-12-33-23)14-19(21)24(29-25)32-22-4-3-18(26)13-20(22)27/h3-4,8,12-13,16H,5-7,9-11,14-15H2,1-2H3. The van der Waals surface area contributed by atoms with E-state index in [1.165, 1.54) is 22.6 Å². The van der Waals surface area contributed by atoms with Gasteiger partial charge in [-0.3, -0.25) is 4.90 Å². The van der Waals surface area contributed by atoms with Gasteiger partial charge in [-0.1, -0.05) is 6.92 Å². The van der Waals surface area contributed by atoms with E-state index in [1.54, 1.807) is 11.3 Å². The number of aryl methyl sites for hydroxylation is 1. The monoisotopic (exact) mass is 470 g/mol. The third-order valence-electron chi connectivity index (χ3n) is 6.59. The van der Waals surface area contributed by atoms with Gasteiger partial charge in [-0.2, -0.15) is 4.98 Å². The molecule has 5 rings (SSSR count). The molecule has 0 atom stereocenters. The van der Waals surface area contributed by atoms with Crippen LogP contribution in [0.3, 0.4) is 0 Å². The summed E-state index contributed by atoms with van der Waals surface area (Å²) in [7, 11) is 0. The van der Waals surface area contributed by atoms with E-state index in [9.17, 15) is 8.78 Å². The molecule has 1 fully saturated rings. The Balaban J connectivity index is 1.47. The topological polar surface area (TPSA) is 41.5 Å². The molecule has 0 amide bonds. The average Bonchev–Trinajstić information content (AvgIpc) is 3.20. The molecule has 8 heteroatoms. The fourth-order valence-corrected chi connectivity index (χ4v) is 5.38. The fourth-order valence-electron chi connectivity index (χ4n) is 4.43. The molecule has 0 N–H and O–H groups in total. The van der Waals surface area contributed by atoms with Crippen molar-refractivity contribution >= 4 is 17.3 Å². The molecule has 4 heterocycles. The van der Waals surface area contributed by atoms with E-state index < -0.39 is 11.6 Å². The number of piperidine rings is 1. The van der Waals surface area contributed by atoms with Crippen molar-refractivity contribution < 1.29 is 13.5 Å². The van der Waals surface area contributed by atoms with Gasteiger partial charge < -0.3 is 9.64 Å². The zero-order valence-electron chi connectivity index (χ0n) is 19.0. The Hall–Kier alpha value is -2.58. The molecule has 2 aliphatic heterocycles. The number of halogens is 2. The molecule has 174 valence electrons. The van der Waals surface area contributed by atoms with Gasteiger partial charge in [0.1, 0.15) is 5.82 Å². The Morgan fingerprint density at radius 3 is 2.67 bits per heavy atom. The molecular formula is C25H28F2N4OS. The third kappa shape index (κ3) is 4.87. The van der Waals surface area contributed by atoms with Crippen LogP contribution in [0.1, 0.15) is 41.5 Å². The summed E-state index contributed by atoms with van der Waals surface area (Å²) in [5.74, 6) is 0.300. The molecule has 0 spiro atoms. The minimum absolute atomic E-state index is 0.0262. The Kier molecular flexibility index (Phi) is 6.29. The minimum Gasteiger partial charge on any atom is -0.435 e. The molecule has 0 bridgehead atoms. The van der Waals surface area contributed by atoms with Crippen molar-refractivity contribution in [1.29, 1.82) is 0 Å². The Morgan fingerprint density at radius 1 is 1.12 bits per heavy atom. The molecule has 2 aromatic heterocycles. The highest BCUT2D eigenvalue weighted by Gasteiger charge is 2.27. The number of aromatic nitrogens is 2. The SMILES string of the molecule is Cc1ccsc1CN1CCc2nc(N3CCC(C)CC3)nc(Oc3ccc(F)cc3F)c2C1. The first-order valence-corrected chi connectivity index (χ1v) is 12.4. The zero-order chi connectivity index (χ0) is 22.9. The van der Waals surface area contributed by atoms with Gasteiger partial charge in [0, 0.05) is 50.1 Å². The van der Waals surface area contributed by atoms with Gasteiger partial charge in [0.2, 0.25) is 11.8 Å². The molecule has 1 saturated heterocycles. The second kappa shape index (κ2) is 9.35. The first kappa shape index (κ1) is 22.2. The van der Waals surface area contributed by atoms with E-state index in [2.05, 4.69) is 35.1 Å². The Bertz CT molecular complexity index is 1140. The largest absolute Gasteiger partial charge is 0.435 e. The van der Waals surface area contributed by atoms with E-state index in [0.29, 0.717) is 24.3 Å². The summed E-state index contributed by atoms with van der Waals surface area (Å²) in [6.07, 6.45) is 2.97. The van der Waals surface area contributed by atoms with E-state index in [-0.39, 0.29) is 5.75 Å². The van der Waals surface area contributed by atoms with Crippen molar-refractivity contribution in [2.24, 2.45) is 5.92 Å². The highest BCUT2D eigenvalue weighted by Crippen LogP contribution is 2.34. The summed E-state index contributed by atoms with van der Waals surface area (Å²) in [4.78, 5) is 15.5. The van der Waals surface area contributed by atoms with E-state index in [1.807, 2.05) is 0 Å². The fraction of sp³-hybridized carbons (Fsp3) is 0.440. The van der Waals surface area contributed by atoms with Crippen molar-refractivity contribution in [3.05, 3.63) is 63.0 Å². The summed E-state index contributed by atoms with van der Waals surface area (Å²) in [6, 6.07) is 5.49. The molecule has 0 unspecified atom stereocenters. The first-order valence-electron chi connectivity index (χ1n) is 11.5. The molecule has 3 aromatic rings. The van der Waals surface area contributed by atoms with Crippen molar-refractivity contribution in [2.75, 3.05) is 24.5 Å². The van der Waals surface area contributed by atoms with Gasteiger partial charge in [-0.25, -0.2) is 13.8 Å². The second-order valence-electron chi connectivity index (χ2n) is 9.09. The van der Waals surface area contributed by atoms with Gasteiger partial charge in [0.15, 0.2) is 11.6 Å². The summed E-state index contributed by atoms with van der Waals surface area (Å²) in [5.41, 5.74) is 3.13. The number of thiophene rings is 1. The second-order valence-corrected chi connectivity index (χ2v) is 10.1. The Labute approximate surface area is 197 Å². The number of hydrogen-bond donors (Lipinski definition) is 0. The molecule has 5 nitrogen and oxygen atoms in total. The predicted octanol–water partition coefficient (Wildman–Crippen LogP) is 5.71. The molecule has 1 aromatic carbocycles. The van der Waals surface area contributed by atoms with Crippen LogP contribution in [0.5, 0.6) is 11.6 Å². The van der Waals surface area contributed by atoms with Crippen molar-refractivity contribution in [3.63, 3.8) is 0 Å².